The van der Waals surface area contributed by atoms with E-state index in [9.17, 15) is 4.79 Å². The molecule has 0 unspecified atom stereocenters. The van der Waals surface area contributed by atoms with Gasteiger partial charge in [-0.25, -0.2) is 4.79 Å². The maximum atomic E-state index is 12.5. The largest absolute Gasteiger partial charge is 0.457 e. The highest BCUT2D eigenvalue weighted by molar-refractivity contribution is 5.89. The number of aromatic nitrogens is 1. The van der Waals surface area contributed by atoms with Crippen LogP contribution >= 0.6 is 0 Å². The van der Waals surface area contributed by atoms with Crippen molar-refractivity contribution in [2.75, 3.05) is 36.4 Å². The van der Waals surface area contributed by atoms with Crippen LogP contribution in [-0.4, -0.2) is 42.3 Å². The van der Waals surface area contributed by atoms with E-state index in [-0.39, 0.29) is 6.03 Å². The average Bonchev–Trinajstić information content (AvgIpc) is 3.17. The molecule has 7 nitrogen and oxygen atoms in total. The molecule has 2 aromatic carbocycles. The standard InChI is InChI=1S/C21H22N4O3/c1-16-15-20(23-28-16)24-11-13-25(14-12-24)21(26)22-17-7-9-19(10-8-17)27-18-5-3-2-4-6-18/h2-10,15H,11-14H2,1H3,(H,22,26). The number of anilines is 2. The highest BCUT2D eigenvalue weighted by Gasteiger charge is 2.22. The summed E-state index contributed by atoms with van der Waals surface area (Å²) in [5.41, 5.74) is 0.736. The minimum Gasteiger partial charge on any atom is -0.457 e. The molecule has 0 atom stereocenters. The second kappa shape index (κ2) is 8.04. The second-order valence-electron chi connectivity index (χ2n) is 6.64. The van der Waals surface area contributed by atoms with Crippen LogP contribution in [-0.2, 0) is 0 Å². The van der Waals surface area contributed by atoms with E-state index in [0.29, 0.717) is 13.1 Å². The van der Waals surface area contributed by atoms with Gasteiger partial charge in [0.1, 0.15) is 17.3 Å². The number of amides is 2. The Labute approximate surface area is 163 Å². The summed E-state index contributed by atoms with van der Waals surface area (Å²) in [6.07, 6.45) is 0. The number of aryl methyl sites for hydroxylation is 1. The fraction of sp³-hybridized carbons (Fsp3) is 0.238. The molecule has 0 spiro atoms. The molecule has 1 aromatic heterocycles. The summed E-state index contributed by atoms with van der Waals surface area (Å²) < 4.78 is 10.9. The average molecular weight is 378 g/mol. The zero-order chi connectivity index (χ0) is 19.3. The van der Waals surface area contributed by atoms with E-state index in [1.807, 2.05) is 67.6 Å². The number of hydrogen-bond acceptors (Lipinski definition) is 5. The summed E-state index contributed by atoms with van der Waals surface area (Å²) in [7, 11) is 0. The molecule has 1 aliphatic heterocycles. The van der Waals surface area contributed by atoms with Crippen LogP contribution in [0.3, 0.4) is 0 Å². The summed E-state index contributed by atoms with van der Waals surface area (Å²) >= 11 is 0. The summed E-state index contributed by atoms with van der Waals surface area (Å²) in [4.78, 5) is 16.4. The highest BCUT2D eigenvalue weighted by atomic mass is 16.5. The lowest BCUT2D eigenvalue weighted by atomic mass is 10.3. The number of urea groups is 1. The first kappa shape index (κ1) is 17.9. The lowest BCUT2D eigenvalue weighted by Crippen LogP contribution is -2.50. The molecule has 0 bridgehead atoms. The number of hydrogen-bond donors (Lipinski definition) is 1. The van der Waals surface area contributed by atoms with Gasteiger partial charge in [-0.1, -0.05) is 23.4 Å². The summed E-state index contributed by atoms with van der Waals surface area (Å²) in [6.45, 7) is 4.59. The predicted molar refractivity (Wildman–Crippen MR) is 107 cm³/mol. The fourth-order valence-corrected chi connectivity index (χ4v) is 3.07. The Kier molecular flexibility index (Phi) is 5.14. The molecule has 0 radical (unpaired) electrons. The zero-order valence-electron chi connectivity index (χ0n) is 15.7. The van der Waals surface area contributed by atoms with Crippen molar-refractivity contribution in [3.8, 4) is 11.5 Å². The second-order valence-corrected chi connectivity index (χ2v) is 6.64. The number of para-hydroxylation sites is 1. The molecule has 28 heavy (non-hydrogen) atoms. The molecule has 4 rings (SSSR count). The topological polar surface area (TPSA) is 70.8 Å². The Balaban J connectivity index is 1.29. The van der Waals surface area contributed by atoms with E-state index in [1.165, 1.54) is 0 Å². The van der Waals surface area contributed by atoms with Crippen molar-refractivity contribution >= 4 is 17.5 Å². The number of carbonyl (C=O) groups is 1. The first-order valence-electron chi connectivity index (χ1n) is 9.24. The molecule has 1 saturated heterocycles. The minimum atomic E-state index is -0.104. The van der Waals surface area contributed by atoms with Crippen LogP contribution < -0.4 is 15.0 Å². The Morgan fingerprint density at radius 1 is 1.00 bits per heavy atom. The van der Waals surface area contributed by atoms with Crippen LogP contribution in [0.2, 0.25) is 0 Å². The van der Waals surface area contributed by atoms with E-state index in [0.717, 1.165) is 41.9 Å². The normalized spacial score (nSPS) is 14.0. The van der Waals surface area contributed by atoms with Gasteiger partial charge in [0.05, 0.1) is 0 Å². The number of benzene rings is 2. The molecule has 2 amide bonds. The molecule has 3 aromatic rings. The number of rotatable bonds is 4. The van der Waals surface area contributed by atoms with Crippen LogP contribution in [0.25, 0.3) is 0 Å². The molecule has 1 fully saturated rings. The fourth-order valence-electron chi connectivity index (χ4n) is 3.07. The number of piperazine rings is 1. The van der Waals surface area contributed by atoms with Crippen molar-refractivity contribution in [2.45, 2.75) is 6.92 Å². The van der Waals surface area contributed by atoms with Gasteiger partial charge in [-0.3, -0.25) is 0 Å². The zero-order valence-corrected chi connectivity index (χ0v) is 15.7. The van der Waals surface area contributed by atoms with E-state index in [1.54, 1.807) is 4.90 Å². The quantitative estimate of drug-likeness (QED) is 0.739. The van der Waals surface area contributed by atoms with Gasteiger partial charge in [0, 0.05) is 37.9 Å². The number of nitrogens with zero attached hydrogens (tertiary/aromatic N) is 3. The smallest absolute Gasteiger partial charge is 0.321 e. The van der Waals surface area contributed by atoms with Crippen LogP contribution in [0.5, 0.6) is 11.5 Å². The molecule has 0 aliphatic carbocycles. The van der Waals surface area contributed by atoms with Gasteiger partial charge in [0.25, 0.3) is 0 Å². The Morgan fingerprint density at radius 2 is 1.68 bits per heavy atom. The van der Waals surface area contributed by atoms with Crippen LogP contribution in [0, 0.1) is 6.92 Å². The summed E-state index contributed by atoms with van der Waals surface area (Å²) in [6, 6.07) is 18.8. The third kappa shape index (κ3) is 4.25. The van der Waals surface area contributed by atoms with Crippen molar-refractivity contribution in [1.29, 1.82) is 0 Å². The van der Waals surface area contributed by atoms with Crippen molar-refractivity contribution in [3.63, 3.8) is 0 Å². The Hall–Kier alpha value is -3.48. The molecular formula is C21H22N4O3. The monoisotopic (exact) mass is 378 g/mol. The number of carbonyl (C=O) groups excluding carboxylic acids is 1. The van der Waals surface area contributed by atoms with Crippen molar-refractivity contribution in [1.82, 2.24) is 10.1 Å². The van der Waals surface area contributed by atoms with Gasteiger partial charge in [-0.2, -0.15) is 0 Å². The molecule has 1 N–H and O–H groups in total. The van der Waals surface area contributed by atoms with E-state index in [2.05, 4.69) is 15.4 Å². The molecule has 0 saturated carbocycles. The van der Waals surface area contributed by atoms with Crippen molar-refractivity contribution < 1.29 is 14.1 Å². The van der Waals surface area contributed by atoms with Gasteiger partial charge in [-0.15, -0.1) is 0 Å². The van der Waals surface area contributed by atoms with Crippen LogP contribution in [0.15, 0.2) is 65.2 Å². The van der Waals surface area contributed by atoms with Gasteiger partial charge >= 0.3 is 6.03 Å². The molecular weight excluding hydrogens is 356 g/mol. The van der Waals surface area contributed by atoms with E-state index in [4.69, 9.17) is 9.26 Å². The maximum absolute atomic E-state index is 12.5. The van der Waals surface area contributed by atoms with Crippen molar-refractivity contribution in [3.05, 3.63) is 66.4 Å². The van der Waals surface area contributed by atoms with E-state index < -0.39 is 0 Å². The molecule has 7 heteroatoms. The number of nitrogens with one attached hydrogen (secondary N) is 1. The minimum absolute atomic E-state index is 0.104. The first-order chi connectivity index (χ1) is 13.7. The van der Waals surface area contributed by atoms with Gasteiger partial charge in [-0.05, 0) is 43.3 Å². The van der Waals surface area contributed by atoms with Gasteiger partial charge in [0.2, 0.25) is 0 Å². The van der Waals surface area contributed by atoms with Crippen LogP contribution in [0.1, 0.15) is 5.76 Å². The maximum Gasteiger partial charge on any atom is 0.321 e. The number of ether oxygens (including phenoxy) is 1. The Bertz CT molecular complexity index is 916. The lowest BCUT2D eigenvalue weighted by molar-refractivity contribution is 0.208. The third-order valence-electron chi connectivity index (χ3n) is 4.59. The Morgan fingerprint density at radius 3 is 2.32 bits per heavy atom. The van der Waals surface area contributed by atoms with Gasteiger partial charge < -0.3 is 24.4 Å². The molecule has 144 valence electrons. The summed E-state index contributed by atoms with van der Waals surface area (Å²) in [5, 5.41) is 6.98. The first-order valence-corrected chi connectivity index (χ1v) is 9.24. The predicted octanol–water partition coefficient (Wildman–Crippen LogP) is 4.13. The van der Waals surface area contributed by atoms with E-state index >= 15 is 0 Å². The molecule has 2 heterocycles. The third-order valence-corrected chi connectivity index (χ3v) is 4.59. The highest BCUT2D eigenvalue weighted by Crippen LogP contribution is 2.23. The SMILES string of the molecule is Cc1cc(N2CCN(C(=O)Nc3ccc(Oc4ccccc4)cc3)CC2)no1. The van der Waals surface area contributed by atoms with Crippen molar-refractivity contribution in [2.24, 2.45) is 0 Å². The molecule has 1 aliphatic rings. The lowest BCUT2D eigenvalue weighted by Gasteiger charge is -2.34. The van der Waals surface area contributed by atoms with Crippen LogP contribution in [0.4, 0.5) is 16.3 Å². The summed E-state index contributed by atoms with van der Waals surface area (Å²) in [5.74, 6) is 3.11. The van der Waals surface area contributed by atoms with Gasteiger partial charge in [0.15, 0.2) is 5.82 Å².